The number of hydrogen-bond donors (Lipinski definition) is 1. The second kappa shape index (κ2) is 7.79. The summed E-state index contributed by atoms with van der Waals surface area (Å²) in [7, 11) is 0. The van der Waals surface area contributed by atoms with Crippen LogP contribution in [0, 0.1) is 11.8 Å². The SMILES string of the molecule is CCNC(CC1CCCC1)C1(OCC)CCCC(C)C1. The molecule has 2 saturated carbocycles. The quantitative estimate of drug-likeness (QED) is 0.740. The lowest BCUT2D eigenvalue weighted by Gasteiger charge is -2.46. The minimum absolute atomic E-state index is 0.116. The van der Waals surface area contributed by atoms with Crippen molar-refractivity contribution >= 4 is 0 Å². The molecule has 2 aliphatic carbocycles. The molecular formula is C18H35NO. The van der Waals surface area contributed by atoms with Crippen molar-refractivity contribution in [3.05, 3.63) is 0 Å². The Labute approximate surface area is 126 Å². The first-order chi connectivity index (χ1) is 9.70. The first-order valence-electron chi connectivity index (χ1n) is 9.07. The molecule has 2 nitrogen and oxygen atoms in total. The van der Waals surface area contributed by atoms with Gasteiger partial charge in [0.2, 0.25) is 0 Å². The third kappa shape index (κ3) is 3.98. The summed E-state index contributed by atoms with van der Waals surface area (Å²) in [5.41, 5.74) is 0.116. The van der Waals surface area contributed by atoms with E-state index < -0.39 is 0 Å². The summed E-state index contributed by atoms with van der Waals surface area (Å²) in [5, 5.41) is 3.80. The molecule has 2 aliphatic rings. The third-order valence-corrected chi connectivity index (χ3v) is 5.55. The average Bonchev–Trinajstić information content (AvgIpc) is 2.91. The van der Waals surface area contributed by atoms with Crippen LogP contribution in [0.2, 0.25) is 0 Å². The second-order valence-corrected chi connectivity index (χ2v) is 7.20. The largest absolute Gasteiger partial charge is 0.374 e. The highest BCUT2D eigenvalue weighted by Crippen LogP contribution is 2.41. The smallest absolute Gasteiger partial charge is 0.0837 e. The van der Waals surface area contributed by atoms with Gasteiger partial charge < -0.3 is 10.1 Å². The molecule has 0 spiro atoms. The summed E-state index contributed by atoms with van der Waals surface area (Å²) in [5.74, 6) is 1.76. The van der Waals surface area contributed by atoms with Gasteiger partial charge in [-0.05, 0) is 44.6 Å². The molecular weight excluding hydrogens is 246 g/mol. The van der Waals surface area contributed by atoms with Crippen LogP contribution in [-0.4, -0.2) is 24.8 Å². The molecule has 2 rings (SSSR count). The summed E-state index contributed by atoms with van der Waals surface area (Å²) >= 11 is 0. The van der Waals surface area contributed by atoms with Crippen LogP contribution < -0.4 is 5.32 Å². The molecule has 3 atom stereocenters. The van der Waals surface area contributed by atoms with Gasteiger partial charge in [0.15, 0.2) is 0 Å². The highest BCUT2D eigenvalue weighted by molar-refractivity contribution is 4.98. The molecule has 0 aromatic rings. The van der Waals surface area contributed by atoms with Gasteiger partial charge in [-0.2, -0.15) is 0 Å². The molecule has 118 valence electrons. The van der Waals surface area contributed by atoms with Crippen LogP contribution in [0.3, 0.4) is 0 Å². The highest BCUT2D eigenvalue weighted by Gasteiger charge is 2.43. The molecule has 0 amide bonds. The van der Waals surface area contributed by atoms with E-state index in [9.17, 15) is 0 Å². The lowest BCUT2D eigenvalue weighted by molar-refractivity contribution is -0.104. The van der Waals surface area contributed by atoms with Crippen molar-refractivity contribution in [1.29, 1.82) is 0 Å². The third-order valence-electron chi connectivity index (χ3n) is 5.55. The second-order valence-electron chi connectivity index (χ2n) is 7.20. The fourth-order valence-corrected chi connectivity index (χ4v) is 4.69. The zero-order valence-corrected chi connectivity index (χ0v) is 13.9. The van der Waals surface area contributed by atoms with Gasteiger partial charge in [-0.25, -0.2) is 0 Å². The van der Waals surface area contributed by atoms with Crippen molar-refractivity contribution in [2.45, 2.75) is 90.2 Å². The van der Waals surface area contributed by atoms with Gasteiger partial charge in [0.05, 0.1) is 5.60 Å². The Morgan fingerprint density at radius 3 is 2.50 bits per heavy atom. The molecule has 0 aromatic heterocycles. The Morgan fingerprint density at radius 2 is 1.90 bits per heavy atom. The van der Waals surface area contributed by atoms with E-state index in [1.807, 2.05) is 0 Å². The van der Waals surface area contributed by atoms with E-state index >= 15 is 0 Å². The standard InChI is InChI=1S/C18H35NO/c1-4-19-17(13-16-10-6-7-11-16)18(20-5-2)12-8-9-15(3)14-18/h15-17,19H,4-14H2,1-3H3. The van der Waals surface area contributed by atoms with Crippen molar-refractivity contribution in [3.8, 4) is 0 Å². The van der Waals surface area contributed by atoms with Gasteiger partial charge in [-0.15, -0.1) is 0 Å². The Bertz CT molecular complexity index is 271. The van der Waals surface area contributed by atoms with Gasteiger partial charge in [0.25, 0.3) is 0 Å². The maximum atomic E-state index is 6.40. The van der Waals surface area contributed by atoms with Crippen molar-refractivity contribution in [2.75, 3.05) is 13.2 Å². The Morgan fingerprint density at radius 1 is 1.15 bits per heavy atom. The molecule has 0 aromatic carbocycles. The Balaban J connectivity index is 2.08. The van der Waals surface area contributed by atoms with Crippen LogP contribution in [0.4, 0.5) is 0 Å². The number of likely N-dealkylation sites (N-methyl/N-ethyl adjacent to an activating group) is 1. The number of rotatable bonds is 7. The summed E-state index contributed by atoms with van der Waals surface area (Å²) in [4.78, 5) is 0. The lowest BCUT2D eigenvalue weighted by Crippen LogP contribution is -2.55. The first kappa shape index (κ1) is 16.3. The van der Waals surface area contributed by atoms with E-state index in [-0.39, 0.29) is 5.60 Å². The van der Waals surface area contributed by atoms with Gasteiger partial charge in [-0.3, -0.25) is 0 Å². The average molecular weight is 281 g/mol. The van der Waals surface area contributed by atoms with E-state index in [2.05, 4.69) is 26.1 Å². The highest BCUT2D eigenvalue weighted by atomic mass is 16.5. The van der Waals surface area contributed by atoms with Gasteiger partial charge in [-0.1, -0.05) is 52.4 Å². The number of ether oxygens (including phenoxy) is 1. The van der Waals surface area contributed by atoms with Crippen LogP contribution >= 0.6 is 0 Å². The maximum Gasteiger partial charge on any atom is 0.0837 e. The molecule has 0 saturated heterocycles. The van der Waals surface area contributed by atoms with Gasteiger partial charge in [0.1, 0.15) is 0 Å². The molecule has 1 N–H and O–H groups in total. The summed E-state index contributed by atoms with van der Waals surface area (Å²) in [6.07, 6.45) is 12.4. The van der Waals surface area contributed by atoms with Gasteiger partial charge >= 0.3 is 0 Å². The lowest BCUT2D eigenvalue weighted by atomic mass is 9.72. The number of nitrogens with one attached hydrogen (secondary N) is 1. The van der Waals surface area contributed by atoms with E-state index in [1.165, 1.54) is 57.8 Å². The molecule has 3 unspecified atom stereocenters. The molecule has 2 fully saturated rings. The van der Waals surface area contributed by atoms with Crippen LogP contribution in [0.15, 0.2) is 0 Å². The van der Waals surface area contributed by atoms with Crippen molar-refractivity contribution < 1.29 is 4.74 Å². The summed E-state index contributed by atoms with van der Waals surface area (Å²) < 4.78 is 6.40. The van der Waals surface area contributed by atoms with Crippen molar-refractivity contribution in [1.82, 2.24) is 5.32 Å². The van der Waals surface area contributed by atoms with Crippen molar-refractivity contribution in [3.63, 3.8) is 0 Å². The Kier molecular flexibility index (Phi) is 6.35. The monoisotopic (exact) mass is 281 g/mol. The van der Waals surface area contributed by atoms with E-state index in [1.54, 1.807) is 0 Å². The molecule has 2 heteroatoms. The minimum Gasteiger partial charge on any atom is -0.374 e. The molecule has 0 aliphatic heterocycles. The first-order valence-corrected chi connectivity index (χ1v) is 9.07. The maximum absolute atomic E-state index is 6.40. The summed E-state index contributed by atoms with van der Waals surface area (Å²) in [6.45, 7) is 8.75. The molecule has 0 radical (unpaired) electrons. The molecule has 0 bridgehead atoms. The van der Waals surface area contributed by atoms with Crippen molar-refractivity contribution in [2.24, 2.45) is 11.8 Å². The predicted octanol–water partition coefficient (Wildman–Crippen LogP) is 4.53. The normalized spacial score (nSPS) is 33.5. The zero-order chi connectivity index (χ0) is 14.4. The summed E-state index contributed by atoms with van der Waals surface area (Å²) in [6, 6.07) is 0.568. The van der Waals surface area contributed by atoms with Crippen LogP contribution in [0.25, 0.3) is 0 Å². The minimum atomic E-state index is 0.116. The van der Waals surface area contributed by atoms with E-state index in [4.69, 9.17) is 4.74 Å². The molecule has 0 heterocycles. The van der Waals surface area contributed by atoms with Crippen LogP contribution in [0.5, 0.6) is 0 Å². The van der Waals surface area contributed by atoms with Crippen LogP contribution in [-0.2, 0) is 4.74 Å². The fraction of sp³-hybridized carbons (Fsp3) is 1.00. The van der Waals surface area contributed by atoms with Crippen LogP contribution in [0.1, 0.15) is 78.6 Å². The predicted molar refractivity (Wildman–Crippen MR) is 86.0 cm³/mol. The number of hydrogen-bond acceptors (Lipinski definition) is 2. The molecule has 20 heavy (non-hydrogen) atoms. The Hall–Kier alpha value is -0.0800. The van der Waals surface area contributed by atoms with E-state index in [0.717, 1.165) is 25.0 Å². The van der Waals surface area contributed by atoms with E-state index in [0.29, 0.717) is 6.04 Å². The zero-order valence-electron chi connectivity index (χ0n) is 13.9. The topological polar surface area (TPSA) is 21.3 Å². The fourth-order valence-electron chi connectivity index (χ4n) is 4.69. The van der Waals surface area contributed by atoms with Gasteiger partial charge in [0, 0.05) is 12.6 Å².